The van der Waals surface area contributed by atoms with Crippen LogP contribution >= 0.6 is 0 Å². The molecule has 0 atom stereocenters. The van der Waals surface area contributed by atoms with Gasteiger partial charge in [0.15, 0.2) is 5.76 Å². The van der Waals surface area contributed by atoms with Gasteiger partial charge in [-0.15, -0.1) is 0 Å². The predicted molar refractivity (Wildman–Crippen MR) is 87.3 cm³/mol. The third-order valence-electron chi connectivity index (χ3n) is 4.61. The molecule has 0 spiro atoms. The van der Waals surface area contributed by atoms with Gasteiger partial charge in [-0.05, 0) is 26.7 Å². The number of ether oxygens (including phenoxy) is 1. The van der Waals surface area contributed by atoms with Crippen molar-refractivity contribution < 1.29 is 9.26 Å². The van der Waals surface area contributed by atoms with Gasteiger partial charge < -0.3 is 13.8 Å². The van der Waals surface area contributed by atoms with Crippen LogP contribution in [0.2, 0.25) is 0 Å². The molecular weight excluding hydrogens is 308 g/mol. The van der Waals surface area contributed by atoms with E-state index < -0.39 is 0 Å². The van der Waals surface area contributed by atoms with Crippen molar-refractivity contribution in [1.82, 2.24) is 19.1 Å². The first-order valence-corrected chi connectivity index (χ1v) is 8.21. The van der Waals surface area contributed by atoms with Gasteiger partial charge in [-0.2, -0.15) is 0 Å². The van der Waals surface area contributed by atoms with Crippen molar-refractivity contribution in [2.75, 3.05) is 13.2 Å². The van der Waals surface area contributed by atoms with Crippen molar-refractivity contribution in [2.45, 2.75) is 39.2 Å². The van der Waals surface area contributed by atoms with Crippen molar-refractivity contribution >= 4 is 5.52 Å². The van der Waals surface area contributed by atoms with Gasteiger partial charge in [0.25, 0.3) is 5.56 Å². The lowest BCUT2D eigenvalue weighted by Crippen LogP contribution is -2.25. The Morgan fingerprint density at radius 2 is 2.08 bits per heavy atom. The van der Waals surface area contributed by atoms with Crippen molar-refractivity contribution in [3.8, 4) is 0 Å². The summed E-state index contributed by atoms with van der Waals surface area (Å²) in [5.41, 5.74) is 2.21. The molecule has 4 rings (SSSR count). The average Bonchev–Trinajstić information content (AvgIpc) is 3.18. The van der Waals surface area contributed by atoms with E-state index in [9.17, 15) is 4.79 Å². The molecule has 1 aliphatic heterocycles. The minimum absolute atomic E-state index is 0.0603. The fourth-order valence-corrected chi connectivity index (χ4v) is 3.33. The number of fused-ring (bicyclic) bond motifs is 1. The average molecular weight is 328 g/mol. The van der Waals surface area contributed by atoms with E-state index >= 15 is 0 Å². The predicted octanol–water partition coefficient (Wildman–Crippen LogP) is 2.04. The highest BCUT2D eigenvalue weighted by Gasteiger charge is 2.22. The zero-order valence-corrected chi connectivity index (χ0v) is 13.9. The van der Waals surface area contributed by atoms with Crippen LogP contribution in [0.5, 0.6) is 0 Å². The standard InChI is InChI=1S/C17H20N4O3/c1-11-7-14(24-19-11)10-20-12(2)9-21-15(17(20)22)8-18-16(21)13-3-5-23-6-4-13/h7-9,13H,3-6,10H2,1-2H3. The maximum atomic E-state index is 12.9. The molecule has 0 bridgehead atoms. The summed E-state index contributed by atoms with van der Waals surface area (Å²) in [5, 5.41) is 3.88. The maximum Gasteiger partial charge on any atom is 0.277 e. The number of aromatic nitrogens is 4. The van der Waals surface area contributed by atoms with E-state index in [2.05, 4.69) is 10.1 Å². The smallest absolute Gasteiger partial charge is 0.277 e. The first-order valence-electron chi connectivity index (χ1n) is 8.21. The lowest BCUT2D eigenvalue weighted by Gasteiger charge is -2.21. The molecule has 1 fully saturated rings. The van der Waals surface area contributed by atoms with Crippen molar-refractivity contribution in [3.63, 3.8) is 0 Å². The zero-order chi connectivity index (χ0) is 16.7. The molecule has 0 saturated carbocycles. The minimum Gasteiger partial charge on any atom is -0.381 e. The quantitative estimate of drug-likeness (QED) is 0.735. The molecule has 0 unspecified atom stereocenters. The Balaban J connectivity index is 1.76. The number of imidazole rings is 1. The topological polar surface area (TPSA) is 74.6 Å². The van der Waals surface area contributed by atoms with Gasteiger partial charge in [0.2, 0.25) is 0 Å². The molecule has 0 N–H and O–H groups in total. The summed E-state index contributed by atoms with van der Waals surface area (Å²) in [4.78, 5) is 17.4. The molecule has 24 heavy (non-hydrogen) atoms. The van der Waals surface area contributed by atoms with Gasteiger partial charge in [0.05, 0.1) is 18.4 Å². The van der Waals surface area contributed by atoms with Crippen LogP contribution in [0.25, 0.3) is 5.52 Å². The summed E-state index contributed by atoms with van der Waals surface area (Å²) in [6.45, 7) is 5.67. The summed E-state index contributed by atoms with van der Waals surface area (Å²) in [7, 11) is 0. The van der Waals surface area contributed by atoms with Crippen LogP contribution in [-0.2, 0) is 11.3 Å². The number of aryl methyl sites for hydroxylation is 2. The van der Waals surface area contributed by atoms with E-state index in [1.165, 1.54) is 0 Å². The van der Waals surface area contributed by atoms with E-state index in [4.69, 9.17) is 9.26 Å². The van der Waals surface area contributed by atoms with Gasteiger partial charge in [-0.25, -0.2) is 4.98 Å². The largest absolute Gasteiger partial charge is 0.381 e. The van der Waals surface area contributed by atoms with E-state index in [-0.39, 0.29) is 5.56 Å². The highest BCUT2D eigenvalue weighted by molar-refractivity contribution is 5.45. The molecule has 0 radical (unpaired) electrons. The number of hydrogen-bond acceptors (Lipinski definition) is 5. The highest BCUT2D eigenvalue weighted by Crippen LogP contribution is 2.26. The second-order valence-electron chi connectivity index (χ2n) is 6.35. The lowest BCUT2D eigenvalue weighted by atomic mass is 10.00. The van der Waals surface area contributed by atoms with Crippen LogP contribution < -0.4 is 5.56 Å². The Labute approximate surface area is 138 Å². The van der Waals surface area contributed by atoms with E-state index in [1.54, 1.807) is 10.8 Å². The summed E-state index contributed by atoms with van der Waals surface area (Å²) < 4.78 is 14.3. The molecule has 126 valence electrons. The molecule has 3 aromatic rings. The molecule has 4 heterocycles. The van der Waals surface area contributed by atoms with Crippen molar-refractivity contribution in [2.24, 2.45) is 0 Å². The minimum atomic E-state index is -0.0603. The van der Waals surface area contributed by atoms with Crippen LogP contribution in [-0.4, -0.2) is 32.3 Å². The number of rotatable bonds is 3. The Bertz CT molecular complexity index is 931. The molecule has 0 aliphatic carbocycles. The Hall–Kier alpha value is -2.41. The SMILES string of the molecule is Cc1cc(Cn2c(C)cn3c(C4CCOCC4)ncc3c2=O)on1. The van der Waals surface area contributed by atoms with Gasteiger partial charge in [-0.3, -0.25) is 9.20 Å². The molecule has 0 aromatic carbocycles. The molecule has 1 saturated heterocycles. The van der Waals surface area contributed by atoms with Gasteiger partial charge in [-0.1, -0.05) is 5.16 Å². The van der Waals surface area contributed by atoms with Gasteiger partial charge >= 0.3 is 0 Å². The molecule has 1 aliphatic rings. The number of hydrogen-bond donors (Lipinski definition) is 0. The monoisotopic (exact) mass is 328 g/mol. The third kappa shape index (κ3) is 2.54. The normalized spacial score (nSPS) is 16.1. The second-order valence-corrected chi connectivity index (χ2v) is 6.35. The Morgan fingerprint density at radius 1 is 1.29 bits per heavy atom. The summed E-state index contributed by atoms with van der Waals surface area (Å²) >= 11 is 0. The molecule has 7 heteroatoms. The maximum absolute atomic E-state index is 12.9. The van der Waals surface area contributed by atoms with Crippen molar-refractivity contribution in [1.29, 1.82) is 0 Å². The van der Waals surface area contributed by atoms with Crippen LogP contribution in [0.1, 0.15) is 41.7 Å². The van der Waals surface area contributed by atoms with E-state index in [0.717, 1.165) is 43.3 Å². The van der Waals surface area contributed by atoms with Crippen molar-refractivity contribution in [3.05, 3.63) is 51.8 Å². The van der Waals surface area contributed by atoms with Gasteiger partial charge in [0, 0.05) is 37.1 Å². The summed E-state index contributed by atoms with van der Waals surface area (Å²) in [5.74, 6) is 1.97. The van der Waals surface area contributed by atoms with Crippen LogP contribution in [0, 0.1) is 13.8 Å². The lowest BCUT2D eigenvalue weighted by molar-refractivity contribution is 0.0835. The van der Waals surface area contributed by atoms with Crippen LogP contribution in [0.15, 0.2) is 27.8 Å². The molecular formula is C17H20N4O3. The molecule has 7 nitrogen and oxygen atoms in total. The highest BCUT2D eigenvalue weighted by atomic mass is 16.5. The van der Waals surface area contributed by atoms with Gasteiger partial charge in [0.1, 0.15) is 11.3 Å². The second kappa shape index (κ2) is 5.90. The zero-order valence-electron chi connectivity index (χ0n) is 13.9. The first-order chi connectivity index (χ1) is 11.6. The van der Waals surface area contributed by atoms with E-state index in [1.807, 2.05) is 30.5 Å². The third-order valence-corrected chi connectivity index (χ3v) is 4.61. The fraction of sp³-hybridized carbons (Fsp3) is 0.471. The van der Waals surface area contributed by atoms with Crippen LogP contribution in [0.4, 0.5) is 0 Å². The number of nitrogens with zero attached hydrogens (tertiary/aromatic N) is 4. The van der Waals surface area contributed by atoms with Crippen LogP contribution in [0.3, 0.4) is 0 Å². The summed E-state index contributed by atoms with van der Waals surface area (Å²) in [6.07, 6.45) is 5.55. The summed E-state index contributed by atoms with van der Waals surface area (Å²) in [6, 6.07) is 1.85. The first kappa shape index (κ1) is 15.1. The fourth-order valence-electron chi connectivity index (χ4n) is 3.33. The molecule has 3 aromatic heterocycles. The Morgan fingerprint density at radius 3 is 2.79 bits per heavy atom. The molecule has 0 amide bonds. The van der Waals surface area contributed by atoms with E-state index in [0.29, 0.717) is 23.7 Å². The Kier molecular flexibility index (Phi) is 3.72.